The van der Waals surface area contributed by atoms with E-state index in [4.69, 9.17) is 16.3 Å². The highest BCUT2D eigenvalue weighted by Crippen LogP contribution is 2.32. The minimum Gasteiger partial charge on any atom is -0.495 e. The number of rotatable bonds is 8. The molecule has 130 valence electrons. The number of benzene rings is 1. The van der Waals surface area contributed by atoms with E-state index in [1.54, 1.807) is 19.4 Å². The molecule has 0 amide bonds. The van der Waals surface area contributed by atoms with Gasteiger partial charge in [-0.05, 0) is 51.7 Å². The SMILES string of the molecule is COc1cc(Cl)c(C)cc1Nc1ccnc(NCCCN(C)C)n1. The molecule has 2 rings (SSSR count). The molecule has 0 aliphatic heterocycles. The Kier molecular flexibility index (Phi) is 6.63. The smallest absolute Gasteiger partial charge is 0.224 e. The number of anilines is 3. The van der Waals surface area contributed by atoms with E-state index in [-0.39, 0.29) is 0 Å². The molecule has 0 aliphatic rings. The number of methoxy groups -OCH3 is 1. The fourth-order valence-electron chi connectivity index (χ4n) is 2.18. The zero-order valence-electron chi connectivity index (χ0n) is 14.6. The van der Waals surface area contributed by atoms with Gasteiger partial charge in [-0.3, -0.25) is 0 Å². The van der Waals surface area contributed by atoms with Crippen molar-refractivity contribution in [3.05, 3.63) is 35.0 Å². The molecule has 0 saturated carbocycles. The largest absolute Gasteiger partial charge is 0.495 e. The number of aromatic nitrogens is 2. The average molecular weight is 350 g/mol. The molecular weight excluding hydrogens is 326 g/mol. The molecule has 7 heteroatoms. The zero-order chi connectivity index (χ0) is 17.5. The molecule has 0 bridgehead atoms. The Balaban J connectivity index is 2.05. The van der Waals surface area contributed by atoms with Gasteiger partial charge in [-0.1, -0.05) is 11.6 Å². The molecule has 0 saturated heterocycles. The number of nitrogens with one attached hydrogen (secondary N) is 2. The Labute approximate surface area is 148 Å². The van der Waals surface area contributed by atoms with Crippen LogP contribution in [0.2, 0.25) is 5.02 Å². The van der Waals surface area contributed by atoms with Gasteiger partial charge in [0.15, 0.2) is 0 Å². The van der Waals surface area contributed by atoms with Gasteiger partial charge in [-0.2, -0.15) is 4.98 Å². The highest BCUT2D eigenvalue weighted by atomic mass is 35.5. The Morgan fingerprint density at radius 3 is 2.79 bits per heavy atom. The lowest BCUT2D eigenvalue weighted by molar-refractivity contribution is 0.405. The molecule has 0 radical (unpaired) electrons. The topological polar surface area (TPSA) is 62.3 Å². The molecule has 0 unspecified atom stereocenters. The van der Waals surface area contributed by atoms with Crippen LogP contribution < -0.4 is 15.4 Å². The van der Waals surface area contributed by atoms with Crippen LogP contribution in [-0.2, 0) is 0 Å². The number of nitrogens with zero attached hydrogens (tertiary/aromatic N) is 3. The van der Waals surface area contributed by atoms with Crippen LogP contribution in [0.5, 0.6) is 5.75 Å². The average Bonchev–Trinajstić information content (AvgIpc) is 2.55. The second kappa shape index (κ2) is 8.70. The Bertz CT molecular complexity index is 678. The molecule has 0 aliphatic carbocycles. The minimum absolute atomic E-state index is 0.600. The van der Waals surface area contributed by atoms with Crippen molar-refractivity contribution in [1.82, 2.24) is 14.9 Å². The Morgan fingerprint density at radius 2 is 2.08 bits per heavy atom. The van der Waals surface area contributed by atoms with Crippen molar-refractivity contribution < 1.29 is 4.74 Å². The van der Waals surface area contributed by atoms with Gasteiger partial charge in [-0.15, -0.1) is 0 Å². The molecular formula is C17H24ClN5O. The fraction of sp³-hybridized carbons (Fsp3) is 0.412. The molecule has 0 spiro atoms. The van der Waals surface area contributed by atoms with Gasteiger partial charge in [0.05, 0.1) is 12.8 Å². The van der Waals surface area contributed by atoms with Gasteiger partial charge in [-0.25, -0.2) is 4.98 Å². The maximum absolute atomic E-state index is 6.14. The van der Waals surface area contributed by atoms with Gasteiger partial charge >= 0.3 is 0 Å². The summed E-state index contributed by atoms with van der Waals surface area (Å²) in [6, 6.07) is 5.54. The maximum Gasteiger partial charge on any atom is 0.224 e. The first-order valence-electron chi connectivity index (χ1n) is 7.82. The highest BCUT2D eigenvalue weighted by molar-refractivity contribution is 6.31. The fourth-order valence-corrected chi connectivity index (χ4v) is 2.33. The van der Waals surface area contributed by atoms with Crippen molar-refractivity contribution in [3.8, 4) is 5.75 Å². The van der Waals surface area contributed by atoms with Crippen molar-refractivity contribution in [2.45, 2.75) is 13.3 Å². The summed E-state index contributed by atoms with van der Waals surface area (Å²) in [5.41, 5.74) is 1.78. The normalized spacial score (nSPS) is 10.8. The number of halogens is 1. The van der Waals surface area contributed by atoms with Crippen LogP contribution in [0, 0.1) is 6.92 Å². The zero-order valence-corrected chi connectivity index (χ0v) is 15.3. The highest BCUT2D eigenvalue weighted by Gasteiger charge is 2.08. The Hall–Kier alpha value is -2.05. The van der Waals surface area contributed by atoms with Gasteiger partial charge < -0.3 is 20.3 Å². The molecule has 1 aromatic heterocycles. The van der Waals surface area contributed by atoms with Gasteiger partial charge in [0, 0.05) is 23.8 Å². The quantitative estimate of drug-likeness (QED) is 0.710. The van der Waals surface area contributed by atoms with Crippen LogP contribution in [0.4, 0.5) is 17.5 Å². The first kappa shape index (κ1) is 18.3. The van der Waals surface area contributed by atoms with Gasteiger partial charge in [0.1, 0.15) is 11.6 Å². The van der Waals surface area contributed by atoms with Crippen LogP contribution in [-0.4, -0.2) is 49.2 Å². The second-order valence-electron chi connectivity index (χ2n) is 5.78. The second-order valence-corrected chi connectivity index (χ2v) is 6.18. The third-order valence-corrected chi connectivity index (χ3v) is 3.87. The number of ether oxygens (including phenoxy) is 1. The summed E-state index contributed by atoms with van der Waals surface area (Å²) >= 11 is 6.14. The summed E-state index contributed by atoms with van der Waals surface area (Å²) in [6.45, 7) is 3.79. The number of hydrogen-bond acceptors (Lipinski definition) is 6. The lowest BCUT2D eigenvalue weighted by Gasteiger charge is -2.13. The maximum atomic E-state index is 6.14. The molecule has 2 aromatic rings. The van der Waals surface area contributed by atoms with Crippen molar-refractivity contribution in [2.24, 2.45) is 0 Å². The van der Waals surface area contributed by atoms with Crippen molar-refractivity contribution in [1.29, 1.82) is 0 Å². The van der Waals surface area contributed by atoms with Crippen LogP contribution >= 0.6 is 11.6 Å². The van der Waals surface area contributed by atoms with Gasteiger partial charge in [0.2, 0.25) is 5.95 Å². The van der Waals surface area contributed by atoms with E-state index in [0.29, 0.717) is 22.5 Å². The summed E-state index contributed by atoms with van der Waals surface area (Å²) in [6.07, 6.45) is 2.75. The van der Waals surface area contributed by atoms with Crippen molar-refractivity contribution in [2.75, 3.05) is 44.9 Å². The third-order valence-electron chi connectivity index (χ3n) is 3.46. The van der Waals surface area contributed by atoms with Crippen LogP contribution in [0.15, 0.2) is 24.4 Å². The minimum atomic E-state index is 0.600. The lowest BCUT2D eigenvalue weighted by atomic mass is 10.2. The third kappa shape index (κ3) is 5.25. The molecule has 24 heavy (non-hydrogen) atoms. The summed E-state index contributed by atoms with van der Waals surface area (Å²) in [5, 5.41) is 7.16. The number of aryl methyl sites for hydroxylation is 1. The van der Waals surface area contributed by atoms with Crippen LogP contribution in [0.1, 0.15) is 12.0 Å². The predicted molar refractivity (Wildman–Crippen MR) is 99.7 cm³/mol. The summed E-state index contributed by atoms with van der Waals surface area (Å²) in [7, 11) is 5.73. The van der Waals surface area contributed by atoms with E-state index in [9.17, 15) is 0 Å². The van der Waals surface area contributed by atoms with Gasteiger partial charge in [0.25, 0.3) is 0 Å². The monoisotopic (exact) mass is 349 g/mol. The summed E-state index contributed by atoms with van der Waals surface area (Å²) in [4.78, 5) is 10.9. The van der Waals surface area contributed by atoms with E-state index in [1.165, 1.54) is 0 Å². The van der Waals surface area contributed by atoms with Crippen LogP contribution in [0.25, 0.3) is 0 Å². The van der Waals surface area contributed by atoms with Crippen molar-refractivity contribution in [3.63, 3.8) is 0 Å². The lowest BCUT2D eigenvalue weighted by Crippen LogP contribution is -2.17. The first-order chi connectivity index (χ1) is 11.5. The molecule has 1 heterocycles. The predicted octanol–water partition coefficient (Wildman–Crippen LogP) is 3.55. The van der Waals surface area contributed by atoms with E-state index < -0.39 is 0 Å². The molecule has 2 N–H and O–H groups in total. The standard InChI is InChI=1S/C17H24ClN5O/c1-12-10-14(15(24-4)11-13(12)18)21-16-6-8-20-17(22-16)19-7-5-9-23(2)3/h6,8,10-11H,5,7,9H2,1-4H3,(H2,19,20,21,22). The van der Waals surface area contributed by atoms with E-state index in [2.05, 4.69) is 39.6 Å². The number of hydrogen-bond donors (Lipinski definition) is 2. The molecule has 1 aromatic carbocycles. The van der Waals surface area contributed by atoms with Crippen LogP contribution in [0.3, 0.4) is 0 Å². The van der Waals surface area contributed by atoms with E-state index in [0.717, 1.165) is 30.8 Å². The Morgan fingerprint density at radius 1 is 1.29 bits per heavy atom. The molecule has 0 atom stereocenters. The van der Waals surface area contributed by atoms with E-state index in [1.807, 2.05) is 19.1 Å². The summed E-state index contributed by atoms with van der Waals surface area (Å²) < 4.78 is 5.37. The first-order valence-corrected chi connectivity index (χ1v) is 8.20. The molecule has 6 nitrogen and oxygen atoms in total. The molecule has 0 fully saturated rings. The summed E-state index contributed by atoms with van der Waals surface area (Å²) in [5.74, 6) is 1.97. The van der Waals surface area contributed by atoms with E-state index >= 15 is 0 Å². The van der Waals surface area contributed by atoms with Crippen molar-refractivity contribution >= 4 is 29.1 Å².